The van der Waals surface area contributed by atoms with E-state index < -0.39 is 0 Å². The SMILES string of the molecule is CN(CC(C)(CN)c1ccccc1)C1CC1. The van der Waals surface area contributed by atoms with E-state index in [0.29, 0.717) is 6.54 Å². The van der Waals surface area contributed by atoms with Crippen LogP contribution in [0.1, 0.15) is 25.3 Å². The summed E-state index contributed by atoms with van der Waals surface area (Å²) in [4.78, 5) is 2.46. The zero-order valence-corrected chi connectivity index (χ0v) is 10.3. The Balaban J connectivity index is 2.11. The van der Waals surface area contributed by atoms with E-state index in [4.69, 9.17) is 5.73 Å². The van der Waals surface area contributed by atoms with Crippen molar-refractivity contribution in [3.05, 3.63) is 35.9 Å². The van der Waals surface area contributed by atoms with Crippen LogP contribution in [0.2, 0.25) is 0 Å². The summed E-state index contributed by atoms with van der Waals surface area (Å²) in [6, 6.07) is 11.4. The minimum atomic E-state index is 0.0819. The fourth-order valence-corrected chi connectivity index (χ4v) is 2.31. The highest BCUT2D eigenvalue weighted by Gasteiger charge is 2.33. The van der Waals surface area contributed by atoms with Crippen molar-refractivity contribution in [1.29, 1.82) is 0 Å². The summed E-state index contributed by atoms with van der Waals surface area (Å²) in [6.45, 7) is 4.02. The van der Waals surface area contributed by atoms with Crippen molar-refractivity contribution >= 4 is 0 Å². The highest BCUT2D eigenvalue weighted by Crippen LogP contribution is 2.30. The number of likely N-dealkylation sites (N-methyl/N-ethyl adjacent to an activating group) is 1. The molecule has 1 aliphatic carbocycles. The summed E-state index contributed by atoms with van der Waals surface area (Å²) in [5.74, 6) is 0. The molecule has 1 unspecified atom stereocenters. The first-order chi connectivity index (χ1) is 7.65. The zero-order valence-electron chi connectivity index (χ0n) is 10.3. The fourth-order valence-electron chi connectivity index (χ4n) is 2.31. The molecule has 16 heavy (non-hydrogen) atoms. The molecule has 0 amide bonds. The van der Waals surface area contributed by atoms with Gasteiger partial charge in [0.2, 0.25) is 0 Å². The maximum Gasteiger partial charge on any atom is 0.0174 e. The molecule has 0 bridgehead atoms. The highest BCUT2D eigenvalue weighted by molar-refractivity contribution is 5.25. The quantitative estimate of drug-likeness (QED) is 0.819. The first kappa shape index (κ1) is 11.6. The monoisotopic (exact) mass is 218 g/mol. The second kappa shape index (κ2) is 4.56. The number of rotatable bonds is 5. The summed E-state index contributed by atoms with van der Waals surface area (Å²) in [5, 5.41) is 0. The molecule has 1 aliphatic rings. The Hall–Kier alpha value is -0.860. The van der Waals surface area contributed by atoms with E-state index in [1.807, 2.05) is 0 Å². The topological polar surface area (TPSA) is 29.3 Å². The van der Waals surface area contributed by atoms with E-state index in [1.165, 1.54) is 18.4 Å². The van der Waals surface area contributed by atoms with Gasteiger partial charge in [0.15, 0.2) is 0 Å². The van der Waals surface area contributed by atoms with Gasteiger partial charge in [0, 0.05) is 24.5 Å². The van der Waals surface area contributed by atoms with Crippen LogP contribution >= 0.6 is 0 Å². The van der Waals surface area contributed by atoms with E-state index >= 15 is 0 Å². The van der Waals surface area contributed by atoms with Gasteiger partial charge < -0.3 is 10.6 Å². The molecule has 1 atom stereocenters. The molecule has 0 heterocycles. The van der Waals surface area contributed by atoms with Gasteiger partial charge in [0.05, 0.1) is 0 Å². The summed E-state index contributed by atoms with van der Waals surface area (Å²) in [6.07, 6.45) is 2.71. The summed E-state index contributed by atoms with van der Waals surface area (Å²) in [7, 11) is 2.22. The van der Waals surface area contributed by atoms with Crippen molar-refractivity contribution in [1.82, 2.24) is 4.90 Å². The van der Waals surface area contributed by atoms with Gasteiger partial charge >= 0.3 is 0 Å². The average Bonchev–Trinajstić information content (AvgIpc) is 3.14. The van der Waals surface area contributed by atoms with Gasteiger partial charge in [-0.1, -0.05) is 37.3 Å². The van der Waals surface area contributed by atoms with Crippen LogP contribution in [0.4, 0.5) is 0 Å². The lowest BCUT2D eigenvalue weighted by atomic mass is 9.82. The van der Waals surface area contributed by atoms with Gasteiger partial charge in [-0.3, -0.25) is 0 Å². The Labute approximate surface area is 98.4 Å². The lowest BCUT2D eigenvalue weighted by molar-refractivity contribution is 0.251. The van der Waals surface area contributed by atoms with E-state index in [1.54, 1.807) is 0 Å². The van der Waals surface area contributed by atoms with Crippen molar-refractivity contribution in [2.24, 2.45) is 5.73 Å². The molecule has 1 saturated carbocycles. The van der Waals surface area contributed by atoms with E-state index in [0.717, 1.165) is 12.6 Å². The maximum atomic E-state index is 5.98. The molecule has 2 rings (SSSR count). The van der Waals surface area contributed by atoms with Gasteiger partial charge in [0.25, 0.3) is 0 Å². The molecule has 1 aromatic rings. The van der Waals surface area contributed by atoms with Crippen molar-refractivity contribution in [3.8, 4) is 0 Å². The molecular formula is C14H22N2. The number of benzene rings is 1. The van der Waals surface area contributed by atoms with Crippen LogP contribution in [0.15, 0.2) is 30.3 Å². The smallest absolute Gasteiger partial charge is 0.0174 e. The van der Waals surface area contributed by atoms with E-state index in [9.17, 15) is 0 Å². The molecule has 1 aromatic carbocycles. The normalized spacial score (nSPS) is 19.8. The Morgan fingerprint density at radius 1 is 1.31 bits per heavy atom. The average molecular weight is 218 g/mol. The van der Waals surface area contributed by atoms with Crippen molar-refractivity contribution in [3.63, 3.8) is 0 Å². The molecular weight excluding hydrogens is 196 g/mol. The van der Waals surface area contributed by atoms with Crippen molar-refractivity contribution < 1.29 is 0 Å². The minimum absolute atomic E-state index is 0.0819. The third kappa shape index (κ3) is 2.45. The predicted molar refractivity (Wildman–Crippen MR) is 68.5 cm³/mol. The van der Waals surface area contributed by atoms with E-state index in [2.05, 4.69) is 49.2 Å². The number of hydrogen-bond donors (Lipinski definition) is 1. The molecule has 0 radical (unpaired) electrons. The minimum Gasteiger partial charge on any atom is -0.330 e. The maximum absolute atomic E-state index is 5.98. The van der Waals surface area contributed by atoms with Crippen molar-refractivity contribution in [2.45, 2.75) is 31.2 Å². The Kier molecular flexibility index (Phi) is 3.31. The molecule has 0 aromatic heterocycles. The number of nitrogens with zero attached hydrogens (tertiary/aromatic N) is 1. The van der Waals surface area contributed by atoms with Crippen LogP contribution in [-0.2, 0) is 5.41 Å². The summed E-state index contributed by atoms with van der Waals surface area (Å²) in [5.41, 5.74) is 7.42. The molecule has 0 spiro atoms. The molecule has 2 nitrogen and oxygen atoms in total. The van der Waals surface area contributed by atoms with Crippen LogP contribution in [0.25, 0.3) is 0 Å². The van der Waals surface area contributed by atoms with Gasteiger partial charge in [-0.05, 0) is 25.5 Å². The number of hydrogen-bond acceptors (Lipinski definition) is 2. The second-order valence-electron chi connectivity index (χ2n) is 5.28. The molecule has 0 aliphatic heterocycles. The Bertz CT molecular complexity index is 332. The zero-order chi connectivity index (χ0) is 11.6. The van der Waals surface area contributed by atoms with Crippen LogP contribution in [0, 0.1) is 0 Å². The van der Waals surface area contributed by atoms with Gasteiger partial charge in [-0.25, -0.2) is 0 Å². The highest BCUT2D eigenvalue weighted by atomic mass is 15.2. The molecule has 0 saturated heterocycles. The van der Waals surface area contributed by atoms with Crippen LogP contribution < -0.4 is 5.73 Å². The van der Waals surface area contributed by atoms with E-state index in [-0.39, 0.29) is 5.41 Å². The molecule has 2 N–H and O–H groups in total. The first-order valence-corrected chi connectivity index (χ1v) is 6.11. The van der Waals surface area contributed by atoms with Gasteiger partial charge in [-0.15, -0.1) is 0 Å². The van der Waals surface area contributed by atoms with Crippen LogP contribution in [0.5, 0.6) is 0 Å². The lowest BCUT2D eigenvalue weighted by Crippen LogP contribution is -2.43. The van der Waals surface area contributed by atoms with Gasteiger partial charge in [0.1, 0.15) is 0 Å². The fraction of sp³-hybridized carbons (Fsp3) is 0.571. The third-order valence-electron chi connectivity index (χ3n) is 3.69. The summed E-state index contributed by atoms with van der Waals surface area (Å²) >= 11 is 0. The largest absolute Gasteiger partial charge is 0.330 e. The van der Waals surface area contributed by atoms with Gasteiger partial charge in [-0.2, -0.15) is 0 Å². The third-order valence-corrected chi connectivity index (χ3v) is 3.69. The Morgan fingerprint density at radius 2 is 1.94 bits per heavy atom. The summed E-state index contributed by atoms with van der Waals surface area (Å²) < 4.78 is 0. The molecule has 1 fully saturated rings. The number of nitrogens with two attached hydrogens (primary N) is 1. The molecule has 88 valence electrons. The second-order valence-corrected chi connectivity index (χ2v) is 5.28. The Morgan fingerprint density at radius 3 is 2.44 bits per heavy atom. The van der Waals surface area contributed by atoms with Crippen molar-refractivity contribution in [2.75, 3.05) is 20.1 Å². The molecule has 2 heteroatoms. The van der Waals surface area contributed by atoms with Crippen LogP contribution in [0.3, 0.4) is 0 Å². The standard InChI is InChI=1S/C14H22N2/c1-14(10-15,11-16(2)13-8-9-13)12-6-4-3-5-7-12/h3-7,13H,8-11,15H2,1-2H3. The first-order valence-electron chi connectivity index (χ1n) is 6.11. The van der Waals surface area contributed by atoms with Crippen LogP contribution in [-0.4, -0.2) is 31.1 Å². The predicted octanol–water partition coefficient (Wildman–Crippen LogP) is 2.00. The lowest BCUT2D eigenvalue weighted by Gasteiger charge is -2.33.